The summed E-state index contributed by atoms with van der Waals surface area (Å²) in [4.78, 5) is 14.3. The third kappa shape index (κ3) is 6.89. The first-order valence-electron chi connectivity index (χ1n) is 9.41. The predicted octanol–water partition coefficient (Wildman–Crippen LogP) is 4.13. The molecule has 0 saturated carbocycles. The van der Waals surface area contributed by atoms with Crippen LogP contribution in [0.15, 0.2) is 54.6 Å². The quantitative estimate of drug-likeness (QED) is 0.712. The minimum Gasteiger partial charge on any atom is -0.338 e. The smallest absolute Gasteiger partial charge is 0.315 e. The maximum Gasteiger partial charge on any atom is 0.315 e. The van der Waals surface area contributed by atoms with Gasteiger partial charge < -0.3 is 15.5 Å². The van der Waals surface area contributed by atoms with Gasteiger partial charge in [0.2, 0.25) is 0 Å². The van der Waals surface area contributed by atoms with Crippen LogP contribution in [-0.4, -0.2) is 31.1 Å². The van der Waals surface area contributed by atoms with Crippen molar-refractivity contribution in [3.8, 4) is 0 Å². The van der Waals surface area contributed by atoms with E-state index in [9.17, 15) is 4.79 Å². The molecule has 0 aliphatic heterocycles. The summed E-state index contributed by atoms with van der Waals surface area (Å²) >= 11 is 0. The van der Waals surface area contributed by atoms with Gasteiger partial charge in [0.05, 0.1) is 0 Å². The lowest BCUT2D eigenvalue weighted by Crippen LogP contribution is -2.35. The summed E-state index contributed by atoms with van der Waals surface area (Å²) in [7, 11) is 2.11. The van der Waals surface area contributed by atoms with Crippen molar-refractivity contribution < 1.29 is 4.79 Å². The normalized spacial score (nSPS) is 12.0. The molecule has 1 atom stereocenters. The average molecular weight is 354 g/mol. The molecule has 2 amide bonds. The highest BCUT2D eigenvalue weighted by atomic mass is 16.2. The molecule has 2 aromatic rings. The number of rotatable bonds is 9. The van der Waals surface area contributed by atoms with Gasteiger partial charge in [-0.2, -0.15) is 0 Å². The molecule has 4 heteroatoms. The number of benzene rings is 2. The third-order valence-electron chi connectivity index (χ3n) is 4.67. The highest BCUT2D eigenvalue weighted by Crippen LogP contribution is 2.17. The van der Waals surface area contributed by atoms with Gasteiger partial charge in [-0.25, -0.2) is 4.79 Å². The monoisotopic (exact) mass is 353 g/mol. The van der Waals surface area contributed by atoms with Crippen LogP contribution < -0.4 is 10.6 Å². The van der Waals surface area contributed by atoms with Crippen molar-refractivity contribution in [3.05, 3.63) is 71.3 Å². The lowest BCUT2D eigenvalue weighted by atomic mass is 9.98. The zero-order valence-corrected chi connectivity index (χ0v) is 16.2. The molecule has 0 spiro atoms. The molecule has 2 aromatic carbocycles. The highest BCUT2D eigenvalue weighted by molar-refractivity contribution is 5.73. The second-order valence-electron chi connectivity index (χ2n) is 6.86. The van der Waals surface area contributed by atoms with E-state index in [4.69, 9.17) is 0 Å². The standard InChI is InChI=1S/C22H31N3O/c1-4-25(3)17-20-10-8-9-19(15-20)16-24-22(26)23-14-13-18(2)21-11-6-5-7-12-21/h5-12,15,18H,4,13-14,16-17H2,1-3H3,(H2,23,24,26). The first-order valence-corrected chi connectivity index (χ1v) is 9.41. The molecule has 4 nitrogen and oxygen atoms in total. The fraction of sp³-hybridized carbons (Fsp3) is 0.409. The van der Waals surface area contributed by atoms with Crippen molar-refractivity contribution in [2.24, 2.45) is 0 Å². The Morgan fingerprint density at radius 2 is 1.77 bits per heavy atom. The summed E-state index contributed by atoms with van der Waals surface area (Å²) < 4.78 is 0. The van der Waals surface area contributed by atoms with Gasteiger partial charge >= 0.3 is 6.03 Å². The maximum atomic E-state index is 12.0. The highest BCUT2D eigenvalue weighted by Gasteiger charge is 2.06. The molecule has 2 rings (SSSR count). The summed E-state index contributed by atoms with van der Waals surface area (Å²) in [6.45, 7) is 7.50. The minimum atomic E-state index is -0.110. The van der Waals surface area contributed by atoms with Crippen LogP contribution in [0.1, 0.15) is 42.9 Å². The van der Waals surface area contributed by atoms with E-state index in [2.05, 4.69) is 78.9 Å². The van der Waals surface area contributed by atoms with E-state index in [1.54, 1.807) is 0 Å². The number of hydrogen-bond acceptors (Lipinski definition) is 2. The van der Waals surface area contributed by atoms with Gasteiger partial charge in [-0.15, -0.1) is 0 Å². The third-order valence-corrected chi connectivity index (χ3v) is 4.67. The number of hydrogen-bond donors (Lipinski definition) is 2. The minimum absolute atomic E-state index is 0.110. The summed E-state index contributed by atoms with van der Waals surface area (Å²) in [6.07, 6.45) is 0.927. The molecule has 0 saturated heterocycles. The number of amides is 2. The van der Waals surface area contributed by atoms with E-state index in [0.29, 0.717) is 19.0 Å². The van der Waals surface area contributed by atoms with Crippen LogP contribution >= 0.6 is 0 Å². The summed E-state index contributed by atoms with van der Waals surface area (Å²) in [5.41, 5.74) is 3.70. The molecule has 0 aliphatic rings. The summed E-state index contributed by atoms with van der Waals surface area (Å²) in [5.74, 6) is 0.434. The van der Waals surface area contributed by atoms with Crippen molar-refractivity contribution >= 4 is 6.03 Å². The average Bonchev–Trinajstić information content (AvgIpc) is 2.67. The summed E-state index contributed by atoms with van der Waals surface area (Å²) in [6, 6.07) is 18.7. The first kappa shape index (κ1) is 20.0. The zero-order chi connectivity index (χ0) is 18.8. The Morgan fingerprint density at radius 1 is 1.04 bits per heavy atom. The molecule has 0 aliphatic carbocycles. The van der Waals surface area contributed by atoms with Crippen molar-refractivity contribution in [1.82, 2.24) is 15.5 Å². The van der Waals surface area contributed by atoms with E-state index in [1.807, 2.05) is 12.1 Å². The number of carbonyl (C=O) groups is 1. The molecule has 26 heavy (non-hydrogen) atoms. The number of nitrogens with one attached hydrogen (secondary N) is 2. The van der Waals surface area contributed by atoms with Crippen molar-refractivity contribution in [2.75, 3.05) is 20.1 Å². The lowest BCUT2D eigenvalue weighted by Gasteiger charge is -2.15. The largest absolute Gasteiger partial charge is 0.338 e. The topological polar surface area (TPSA) is 44.4 Å². The molecule has 1 unspecified atom stereocenters. The molecule has 140 valence electrons. The number of urea groups is 1. The number of carbonyl (C=O) groups excluding carboxylic acids is 1. The Morgan fingerprint density at radius 3 is 2.50 bits per heavy atom. The van der Waals surface area contributed by atoms with E-state index in [1.165, 1.54) is 11.1 Å². The summed E-state index contributed by atoms with van der Waals surface area (Å²) in [5, 5.41) is 5.89. The molecular weight excluding hydrogens is 322 g/mol. The van der Waals surface area contributed by atoms with Crippen LogP contribution in [0.4, 0.5) is 4.79 Å². The molecule has 2 N–H and O–H groups in total. The van der Waals surface area contributed by atoms with Crippen LogP contribution in [0.2, 0.25) is 0 Å². The van der Waals surface area contributed by atoms with Gasteiger partial charge in [-0.3, -0.25) is 0 Å². The van der Waals surface area contributed by atoms with E-state index in [0.717, 1.165) is 25.1 Å². The Bertz CT molecular complexity index is 672. The molecule has 0 heterocycles. The Hall–Kier alpha value is -2.33. The van der Waals surface area contributed by atoms with Crippen LogP contribution in [0.3, 0.4) is 0 Å². The van der Waals surface area contributed by atoms with Gasteiger partial charge in [0, 0.05) is 19.6 Å². The first-order chi connectivity index (χ1) is 12.6. The predicted molar refractivity (Wildman–Crippen MR) is 108 cm³/mol. The van der Waals surface area contributed by atoms with Gasteiger partial charge in [0.25, 0.3) is 0 Å². The second-order valence-corrected chi connectivity index (χ2v) is 6.86. The molecule has 0 aromatic heterocycles. The van der Waals surface area contributed by atoms with Crippen LogP contribution in [0.25, 0.3) is 0 Å². The molecule has 0 bridgehead atoms. The van der Waals surface area contributed by atoms with Crippen molar-refractivity contribution in [3.63, 3.8) is 0 Å². The van der Waals surface area contributed by atoms with Gasteiger partial charge in [0.1, 0.15) is 0 Å². The van der Waals surface area contributed by atoms with Crippen molar-refractivity contribution in [2.45, 2.75) is 39.3 Å². The van der Waals surface area contributed by atoms with Gasteiger partial charge in [0.15, 0.2) is 0 Å². The van der Waals surface area contributed by atoms with Gasteiger partial charge in [-0.05, 0) is 42.6 Å². The fourth-order valence-electron chi connectivity index (χ4n) is 2.86. The zero-order valence-electron chi connectivity index (χ0n) is 16.2. The van der Waals surface area contributed by atoms with E-state index < -0.39 is 0 Å². The Balaban J connectivity index is 1.71. The SMILES string of the molecule is CCN(C)Cc1cccc(CNC(=O)NCCC(C)c2ccccc2)c1. The lowest BCUT2D eigenvalue weighted by molar-refractivity contribution is 0.240. The Labute approximate surface area is 157 Å². The number of nitrogens with zero attached hydrogens (tertiary/aromatic N) is 1. The van der Waals surface area contributed by atoms with Gasteiger partial charge in [-0.1, -0.05) is 68.4 Å². The molecular formula is C22H31N3O. The second kappa shape index (κ2) is 10.6. The van der Waals surface area contributed by atoms with E-state index >= 15 is 0 Å². The van der Waals surface area contributed by atoms with Crippen LogP contribution in [-0.2, 0) is 13.1 Å². The molecule has 0 radical (unpaired) electrons. The van der Waals surface area contributed by atoms with Crippen LogP contribution in [0.5, 0.6) is 0 Å². The fourth-order valence-corrected chi connectivity index (χ4v) is 2.86. The van der Waals surface area contributed by atoms with Crippen LogP contribution in [0, 0.1) is 0 Å². The Kier molecular flexibility index (Phi) is 8.16. The molecule has 0 fully saturated rings. The van der Waals surface area contributed by atoms with E-state index in [-0.39, 0.29) is 6.03 Å². The maximum absolute atomic E-state index is 12.0. The van der Waals surface area contributed by atoms with Crippen molar-refractivity contribution in [1.29, 1.82) is 0 Å².